The molecule has 3 nitrogen and oxygen atoms in total. The molecule has 0 radical (unpaired) electrons. The van der Waals surface area contributed by atoms with Crippen LogP contribution in [0.25, 0.3) is 0 Å². The SMILES string of the molecule is BrCSCc1cn(C(c2ccccc2)(c2ccccc2)c2ccccc2)nn1. The van der Waals surface area contributed by atoms with Crippen molar-refractivity contribution in [3.05, 3.63) is 120 Å². The van der Waals surface area contributed by atoms with Gasteiger partial charge in [0.15, 0.2) is 0 Å². The van der Waals surface area contributed by atoms with E-state index >= 15 is 0 Å². The summed E-state index contributed by atoms with van der Waals surface area (Å²) in [5, 5.41) is 9.08. The summed E-state index contributed by atoms with van der Waals surface area (Å²) in [5.41, 5.74) is 3.83. The second-order valence-electron chi connectivity index (χ2n) is 6.42. The third-order valence-corrected chi connectivity index (χ3v) is 6.41. The molecule has 0 aliphatic rings. The fraction of sp³-hybridized carbons (Fsp3) is 0.130. The number of hydrogen-bond donors (Lipinski definition) is 0. The van der Waals surface area contributed by atoms with Gasteiger partial charge in [0.2, 0.25) is 0 Å². The Morgan fingerprint density at radius 2 is 1.21 bits per heavy atom. The predicted octanol–water partition coefficient (Wildman–Crippen LogP) is 5.70. The van der Waals surface area contributed by atoms with Crippen LogP contribution in [0.3, 0.4) is 0 Å². The summed E-state index contributed by atoms with van der Waals surface area (Å²) in [6, 6.07) is 31.6. The third kappa shape index (κ3) is 3.52. The molecule has 3 aromatic carbocycles. The lowest BCUT2D eigenvalue weighted by molar-refractivity contribution is 0.446. The number of thioether (sulfide) groups is 1. The highest BCUT2D eigenvalue weighted by atomic mass is 79.9. The van der Waals surface area contributed by atoms with Crippen molar-refractivity contribution >= 4 is 27.7 Å². The molecule has 28 heavy (non-hydrogen) atoms. The Labute approximate surface area is 177 Å². The third-order valence-electron chi connectivity index (χ3n) is 4.79. The van der Waals surface area contributed by atoms with Gasteiger partial charge in [-0.3, -0.25) is 0 Å². The maximum atomic E-state index is 4.61. The molecule has 0 saturated carbocycles. The highest BCUT2D eigenvalue weighted by Crippen LogP contribution is 2.40. The maximum absolute atomic E-state index is 4.61. The molecule has 140 valence electrons. The summed E-state index contributed by atoms with van der Waals surface area (Å²) in [4.78, 5) is 0. The first-order valence-electron chi connectivity index (χ1n) is 9.07. The molecule has 4 rings (SSSR count). The van der Waals surface area contributed by atoms with Crippen molar-refractivity contribution in [1.82, 2.24) is 15.0 Å². The van der Waals surface area contributed by atoms with E-state index < -0.39 is 5.54 Å². The maximum Gasteiger partial charge on any atom is 0.139 e. The monoisotopic (exact) mass is 449 g/mol. The summed E-state index contributed by atoms with van der Waals surface area (Å²) in [7, 11) is 0. The summed E-state index contributed by atoms with van der Waals surface area (Å²) in [6.07, 6.45) is 2.07. The van der Waals surface area contributed by atoms with Gasteiger partial charge in [0.05, 0.1) is 11.9 Å². The Kier molecular flexibility index (Phi) is 5.93. The van der Waals surface area contributed by atoms with Crippen LogP contribution >= 0.6 is 27.7 Å². The number of rotatable bonds is 7. The minimum absolute atomic E-state index is 0.589. The molecule has 0 spiro atoms. The van der Waals surface area contributed by atoms with Gasteiger partial charge in [0, 0.05) is 10.4 Å². The molecular weight excluding hydrogens is 430 g/mol. The van der Waals surface area contributed by atoms with E-state index in [1.54, 1.807) is 11.8 Å². The minimum Gasteiger partial charge on any atom is -0.233 e. The van der Waals surface area contributed by atoms with Crippen LogP contribution in [0.2, 0.25) is 0 Å². The van der Waals surface area contributed by atoms with E-state index in [0.29, 0.717) is 0 Å². The van der Waals surface area contributed by atoms with Crippen molar-refractivity contribution in [3.63, 3.8) is 0 Å². The smallest absolute Gasteiger partial charge is 0.139 e. The Balaban J connectivity index is 2.00. The molecule has 0 fully saturated rings. The average molecular weight is 450 g/mol. The number of aromatic nitrogens is 3. The topological polar surface area (TPSA) is 30.7 Å². The van der Waals surface area contributed by atoms with Gasteiger partial charge in [0.1, 0.15) is 5.54 Å². The molecule has 5 heteroatoms. The van der Waals surface area contributed by atoms with Crippen LogP contribution in [0.5, 0.6) is 0 Å². The largest absolute Gasteiger partial charge is 0.233 e. The van der Waals surface area contributed by atoms with Gasteiger partial charge >= 0.3 is 0 Å². The predicted molar refractivity (Wildman–Crippen MR) is 120 cm³/mol. The number of nitrogens with zero attached hydrogens (tertiary/aromatic N) is 3. The molecule has 4 aromatic rings. The lowest BCUT2D eigenvalue weighted by Gasteiger charge is -2.35. The Bertz CT molecular complexity index is 907. The van der Waals surface area contributed by atoms with E-state index in [9.17, 15) is 0 Å². The van der Waals surface area contributed by atoms with E-state index in [2.05, 4.69) is 105 Å². The second kappa shape index (κ2) is 8.76. The Hall–Kier alpha value is -2.37. The van der Waals surface area contributed by atoms with Crippen LogP contribution in [0.15, 0.2) is 97.2 Å². The number of halogens is 1. The van der Waals surface area contributed by atoms with Crippen LogP contribution in [0.4, 0.5) is 0 Å². The quantitative estimate of drug-likeness (QED) is 0.267. The molecule has 1 aromatic heterocycles. The molecule has 0 saturated heterocycles. The molecule has 0 bridgehead atoms. The van der Waals surface area contributed by atoms with Crippen LogP contribution in [-0.4, -0.2) is 19.7 Å². The van der Waals surface area contributed by atoms with E-state index in [1.807, 2.05) is 22.9 Å². The lowest BCUT2D eigenvalue weighted by atomic mass is 9.77. The highest BCUT2D eigenvalue weighted by Gasteiger charge is 2.39. The van der Waals surface area contributed by atoms with Gasteiger partial charge in [-0.2, -0.15) is 0 Å². The van der Waals surface area contributed by atoms with Crippen molar-refractivity contribution in [2.75, 3.05) is 4.66 Å². The minimum atomic E-state index is -0.589. The van der Waals surface area contributed by atoms with Crippen molar-refractivity contribution in [2.45, 2.75) is 11.3 Å². The number of hydrogen-bond acceptors (Lipinski definition) is 3. The first-order valence-corrected chi connectivity index (χ1v) is 11.4. The molecular formula is C23H20BrN3S. The molecule has 0 atom stereocenters. The van der Waals surface area contributed by atoms with Crippen LogP contribution < -0.4 is 0 Å². The second-order valence-corrected chi connectivity index (χ2v) is 8.71. The van der Waals surface area contributed by atoms with E-state index in [4.69, 9.17) is 0 Å². The number of benzene rings is 3. The molecule has 0 aliphatic carbocycles. The van der Waals surface area contributed by atoms with Gasteiger partial charge < -0.3 is 0 Å². The van der Waals surface area contributed by atoms with Gasteiger partial charge in [-0.15, -0.1) is 16.9 Å². The standard InChI is InChI=1S/C23H20BrN3S/c24-18-28-17-22-16-27(26-25-22)23(19-10-4-1-5-11-19,20-12-6-2-7-13-20)21-14-8-3-9-15-21/h1-16H,17-18H2. The van der Waals surface area contributed by atoms with E-state index in [0.717, 1.165) is 32.8 Å². The molecule has 0 N–H and O–H groups in total. The van der Waals surface area contributed by atoms with Crippen LogP contribution in [0, 0.1) is 0 Å². The van der Waals surface area contributed by atoms with Gasteiger partial charge in [0.25, 0.3) is 0 Å². The van der Waals surface area contributed by atoms with Crippen molar-refractivity contribution in [2.24, 2.45) is 0 Å². The average Bonchev–Trinajstić information content (AvgIpc) is 3.24. The zero-order chi connectivity index (χ0) is 19.2. The summed E-state index contributed by atoms with van der Waals surface area (Å²) >= 11 is 5.24. The van der Waals surface area contributed by atoms with Gasteiger partial charge in [-0.25, -0.2) is 4.68 Å². The van der Waals surface area contributed by atoms with Crippen molar-refractivity contribution in [1.29, 1.82) is 0 Å². The summed E-state index contributed by atoms with van der Waals surface area (Å²) in [5.74, 6) is 0.819. The molecule has 0 aliphatic heterocycles. The Morgan fingerprint density at radius 3 is 1.64 bits per heavy atom. The van der Waals surface area contributed by atoms with Crippen LogP contribution in [0.1, 0.15) is 22.4 Å². The lowest BCUT2D eigenvalue weighted by Crippen LogP contribution is -2.38. The Morgan fingerprint density at radius 1 is 0.750 bits per heavy atom. The zero-order valence-electron chi connectivity index (χ0n) is 15.3. The normalized spacial score (nSPS) is 11.5. The highest BCUT2D eigenvalue weighted by molar-refractivity contribution is 9.11. The number of alkyl halides is 1. The zero-order valence-corrected chi connectivity index (χ0v) is 17.7. The summed E-state index contributed by atoms with van der Waals surface area (Å²) < 4.78 is 2.89. The first-order chi connectivity index (χ1) is 13.9. The molecule has 0 amide bonds. The molecule has 0 unspecified atom stereocenters. The fourth-order valence-corrected chi connectivity index (χ4v) is 4.51. The van der Waals surface area contributed by atoms with Crippen molar-refractivity contribution < 1.29 is 0 Å². The van der Waals surface area contributed by atoms with E-state index in [-0.39, 0.29) is 0 Å². The van der Waals surface area contributed by atoms with E-state index in [1.165, 1.54) is 0 Å². The summed E-state index contributed by atoms with van der Waals surface area (Å²) in [6.45, 7) is 0. The van der Waals surface area contributed by atoms with Gasteiger partial charge in [-0.1, -0.05) is 112 Å². The molecule has 1 heterocycles. The van der Waals surface area contributed by atoms with Gasteiger partial charge in [-0.05, 0) is 16.7 Å². The van der Waals surface area contributed by atoms with Crippen LogP contribution in [-0.2, 0) is 11.3 Å². The van der Waals surface area contributed by atoms with Crippen molar-refractivity contribution in [3.8, 4) is 0 Å². The first kappa shape index (κ1) is 19.0. The fourth-order valence-electron chi connectivity index (χ4n) is 3.61.